The van der Waals surface area contributed by atoms with Crippen molar-refractivity contribution in [3.05, 3.63) is 48.3 Å². The number of rotatable bonds is 8. The number of nitrogens with zero attached hydrogens (tertiary/aromatic N) is 3. The van der Waals surface area contributed by atoms with E-state index in [0.717, 1.165) is 25.1 Å². The van der Waals surface area contributed by atoms with Gasteiger partial charge in [-0.15, -0.1) is 0 Å². The lowest BCUT2D eigenvalue weighted by Gasteiger charge is -2.22. The molecule has 1 fully saturated rings. The van der Waals surface area contributed by atoms with Crippen LogP contribution in [0.25, 0.3) is 5.69 Å². The first-order valence-corrected chi connectivity index (χ1v) is 10.1. The van der Waals surface area contributed by atoms with E-state index in [9.17, 15) is 4.39 Å². The fourth-order valence-corrected chi connectivity index (χ4v) is 3.44. The Morgan fingerprint density at radius 3 is 2.86 bits per heavy atom. The Morgan fingerprint density at radius 2 is 2.14 bits per heavy atom. The first kappa shape index (κ1) is 20.3. The van der Waals surface area contributed by atoms with Crippen LogP contribution < -0.4 is 10.6 Å². The highest BCUT2D eigenvalue weighted by atomic mass is 19.1. The summed E-state index contributed by atoms with van der Waals surface area (Å²) >= 11 is 0. The zero-order valence-corrected chi connectivity index (χ0v) is 16.5. The van der Waals surface area contributed by atoms with Gasteiger partial charge in [0.25, 0.3) is 0 Å². The number of benzene rings is 1. The Balaban J connectivity index is 1.37. The molecule has 3 rings (SSSR count). The van der Waals surface area contributed by atoms with Crippen LogP contribution in [0.5, 0.6) is 0 Å². The quantitative estimate of drug-likeness (QED) is 0.414. The Morgan fingerprint density at radius 1 is 1.29 bits per heavy atom. The summed E-state index contributed by atoms with van der Waals surface area (Å²) in [7, 11) is 1.73. The third-order valence-corrected chi connectivity index (χ3v) is 5.00. The van der Waals surface area contributed by atoms with Crippen LogP contribution in [0, 0.1) is 5.82 Å². The van der Waals surface area contributed by atoms with E-state index in [-0.39, 0.29) is 5.82 Å². The number of nitrogens with one attached hydrogen (secondary N) is 2. The zero-order valence-electron chi connectivity index (χ0n) is 16.5. The average molecular weight is 388 g/mol. The van der Waals surface area contributed by atoms with Crippen molar-refractivity contribution in [2.45, 2.75) is 51.2 Å². The van der Waals surface area contributed by atoms with Crippen molar-refractivity contribution in [1.29, 1.82) is 0 Å². The average Bonchev–Trinajstić information content (AvgIpc) is 3.25. The Bertz CT molecular complexity index is 741. The fourth-order valence-electron chi connectivity index (χ4n) is 3.44. The fraction of sp³-hybridized carbons (Fsp3) is 0.524. The summed E-state index contributed by atoms with van der Waals surface area (Å²) in [5.74, 6) is 0.428. The molecule has 28 heavy (non-hydrogen) atoms. The molecule has 1 aromatic carbocycles. The van der Waals surface area contributed by atoms with Gasteiger partial charge in [0.1, 0.15) is 5.82 Å². The van der Waals surface area contributed by atoms with Gasteiger partial charge < -0.3 is 19.9 Å². The summed E-state index contributed by atoms with van der Waals surface area (Å²) in [5.41, 5.74) is 1.34. The molecule has 0 spiro atoms. The summed E-state index contributed by atoms with van der Waals surface area (Å²) in [6.45, 7) is 2.06. The van der Waals surface area contributed by atoms with Gasteiger partial charge >= 0.3 is 0 Å². The van der Waals surface area contributed by atoms with Gasteiger partial charge in [-0.1, -0.05) is 25.3 Å². The molecule has 0 bridgehead atoms. The van der Waals surface area contributed by atoms with Crippen molar-refractivity contribution in [2.75, 3.05) is 20.2 Å². The number of guanidine groups is 1. The van der Waals surface area contributed by atoms with Gasteiger partial charge in [-0.25, -0.2) is 9.37 Å². The maximum atomic E-state index is 14.3. The molecule has 0 radical (unpaired) electrons. The minimum Gasteiger partial charge on any atom is -0.378 e. The molecule has 1 aliphatic carbocycles. The second-order valence-electron chi connectivity index (χ2n) is 7.09. The van der Waals surface area contributed by atoms with E-state index >= 15 is 0 Å². The number of ether oxygens (including phenoxy) is 1. The van der Waals surface area contributed by atoms with Crippen molar-refractivity contribution in [2.24, 2.45) is 4.99 Å². The standard InChI is InChI=1S/C21H30FN5O/c1-23-21(25-10-5-13-28-18-6-3-2-4-7-18)26-15-17-8-9-20(19(22)14-17)27-12-11-24-16-27/h8-9,11-12,14,16,18H,2-7,10,13,15H2,1H3,(H2,23,25,26). The van der Waals surface area contributed by atoms with Gasteiger partial charge in [-0.05, 0) is 37.0 Å². The first-order valence-electron chi connectivity index (χ1n) is 10.1. The SMILES string of the molecule is CN=C(NCCCOC1CCCCC1)NCc1ccc(-n2ccnc2)c(F)c1. The molecular weight excluding hydrogens is 357 g/mol. The van der Waals surface area contributed by atoms with Crippen LogP contribution in [-0.4, -0.2) is 41.8 Å². The Labute approximate surface area is 166 Å². The molecule has 1 aromatic heterocycles. The summed E-state index contributed by atoms with van der Waals surface area (Å²) in [6.07, 6.45) is 12.7. The van der Waals surface area contributed by atoms with Gasteiger partial charge in [0.15, 0.2) is 5.96 Å². The highest BCUT2D eigenvalue weighted by Gasteiger charge is 2.13. The van der Waals surface area contributed by atoms with Crippen LogP contribution in [0.2, 0.25) is 0 Å². The van der Waals surface area contributed by atoms with Gasteiger partial charge in [-0.3, -0.25) is 4.99 Å². The molecule has 2 aromatic rings. The summed E-state index contributed by atoms with van der Waals surface area (Å²) in [5, 5.41) is 6.50. The number of hydrogen-bond donors (Lipinski definition) is 2. The number of hydrogen-bond acceptors (Lipinski definition) is 3. The third kappa shape index (κ3) is 6.05. The number of imidazole rings is 1. The lowest BCUT2D eigenvalue weighted by atomic mass is 9.98. The van der Waals surface area contributed by atoms with E-state index in [1.807, 2.05) is 6.07 Å². The van der Waals surface area contributed by atoms with E-state index in [0.29, 0.717) is 24.3 Å². The molecule has 1 heterocycles. The van der Waals surface area contributed by atoms with E-state index in [1.54, 1.807) is 36.4 Å². The predicted octanol–water partition coefficient (Wildman–Crippen LogP) is 3.42. The van der Waals surface area contributed by atoms with Crippen LogP contribution in [0.15, 0.2) is 41.9 Å². The van der Waals surface area contributed by atoms with Gasteiger partial charge in [0, 0.05) is 39.1 Å². The summed E-state index contributed by atoms with van der Waals surface area (Å²) < 4.78 is 21.9. The maximum absolute atomic E-state index is 14.3. The van der Waals surface area contributed by atoms with Crippen LogP contribution >= 0.6 is 0 Å². The van der Waals surface area contributed by atoms with E-state index in [4.69, 9.17) is 4.74 Å². The van der Waals surface area contributed by atoms with Crippen molar-refractivity contribution in [3.63, 3.8) is 0 Å². The molecule has 0 unspecified atom stereocenters. The summed E-state index contributed by atoms with van der Waals surface area (Å²) in [4.78, 5) is 8.17. The van der Waals surface area contributed by atoms with E-state index < -0.39 is 0 Å². The van der Waals surface area contributed by atoms with Crippen LogP contribution in [0.3, 0.4) is 0 Å². The first-order chi connectivity index (χ1) is 13.8. The highest BCUT2D eigenvalue weighted by molar-refractivity contribution is 5.79. The molecule has 0 amide bonds. The van der Waals surface area contributed by atoms with Crippen molar-refractivity contribution >= 4 is 5.96 Å². The number of halogens is 1. The minimum absolute atomic E-state index is 0.278. The molecule has 1 aliphatic rings. The molecule has 1 saturated carbocycles. The lowest BCUT2D eigenvalue weighted by Crippen LogP contribution is -2.37. The zero-order chi connectivity index (χ0) is 19.6. The van der Waals surface area contributed by atoms with E-state index in [1.165, 1.54) is 38.2 Å². The second-order valence-corrected chi connectivity index (χ2v) is 7.09. The molecule has 0 atom stereocenters. The van der Waals surface area contributed by atoms with Gasteiger partial charge in [0.2, 0.25) is 0 Å². The monoisotopic (exact) mass is 387 g/mol. The number of aliphatic imine (C=N–C) groups is 1. The molecule has 2 N–H and O–H groups in total. The molecule has 6 nitrogen and oxygen atoms in total. The summed E-state index contributed by atoms with van der Waals surface area (Å²) in [6, 6.07) is 5.19. The Kier molecular flexibility index (Phi) is 7.84. The normalized spacial score (nSPS) is 15.6. The smallest absolute Gasteiger partial charge is 0.191 e. The highest BCUT2D eigenvalue weighted by Crippen LogP contribution is 2.20. The van der Waals surface area contributed by atoms with Crippen LogP contribution in [0.4, 0.5) is 4.39 Å². The second kappa shape index (κ2) is 10.8. The van der Waals surface area contributed by atoms with Gasteiger partial charge in [-0.2, -0.15) is 0 Å². The Hall–Kier alpha value is -2.41. The van der Waals surface area contributed by atoms with Crippen LogP contribution in [-0.2, 0) is 11.3 Å². The third-order valence-electron chi connectivity index (χ3n) is 5.00. The van der Waals surface area contributed by atoms with Crippen molar-refractivity contribution in [1.82, 2.24) is 20.2 Å². The van der Waals surface area contributed by atoms with Crippen molar-refractivity contribution < 1.29 is 9.13 Å². The minimum atomic E-state index is -0.278. The van der Waals surface area contributed by atoms with Crippen molar-refractivity contribution in [3.8, 4) is 5.69 Å². The predicted molar refractivity (Wildman–Crippen MR) is 109 cm³/mol. The molecule has 152 valence electrons. The molecule has 7 heteroatoms. The molecule has 0 saturated heterocycles. The maximum Gasteiger partial charge on any atom is 0.191 e. The molecular formula is C21H30FN5O. The largest absolute Gasteiger partial charge is 0.378 e. The number of aromatic nitrogens is 2. The molecule has 0 aliphatic heterocycles. The lowest BCUT2D eigenvalue weighted by molar-refractivity contribution is 0.0277. The van der Waals surface area contributed by atoms with Gasteiger partial charge in [0.05, 0.1) is 18.1 Å². The van der Waals surface area contributed by atoms with E-state index in [2.05, 4.69) is 20.6 Å². The van der Waals surface area contributed by atoms with Crippen LogP contribution in [0.1, 0.15) is 44.1 Å². The topological polar surface area (TPSA) is 63.5 Å².